The van der Waals surface area contributed by atoms with Crippen LogP contribution in [0.15, 0.2) is 24.4 Å². The Morgan fingerprint density at radius 2 is 2.12 bits per heavy atom. The Kier molecular flexibility index (Phi) is 6.66. The molecule has 1 aromatic carbocycles. The van der Waals surface area contributed by atoms with Crippen LogP contribution in [0.3, 0.4) is 0 Å². The SMILES string of the molecule is COc1cnc2ccc(F)c(C[C@H](O)[C@@H]3CC[C@@H](NCc4cc5c(nn4)OCCO5)CO3)c2n1. The highest BCUT2D eigenvalue weighted by Gasteiger charge is 2.29. The summed E-state index contributed by atoms with van der Waals surface area (Å²) in [6.45, 7) is 1.90. The summed E-state index contributed by atoms with van der Waals surface area (Å²) in [5, 5.41) is 22.4. The number of hydrogen-bond donors (Lipinski definition) is 2. The Balaban J connectivity index is 1.16. The molecule has 1 fully saturated rings. The lowest BCUT2D eigenvalue weighted by Crippen LogP contribution is -2.44. The fourth-order valence-electron chi connectivity index (χ4n) is 4.19. The molecule has 0 unspecified atom stereocenters. The lowest BCUT2D eigenvalue weighted by atomic mass is 9.95. The van der Waals surface area contributed by atoms with Gasteiger partial charge in [0.2, 0.25) is 5.88 Å². The Hall–Kier alpha value is -3.15. The predicted molar refractivity (Wildman–Crippen MR) is 118 cm³/mol. The van der Waals surface area contributed by atoms with Gasteiger partial charge in [-0.05, 0) is 25.0 Å². The number of halogens is 1. The molecule has 2 aromatic heterocycles. The van der Waals surface area contributed by atoms with Crippen LogP contribution in [-0.4, -0.2) is 70.5 Å². The number of fused-ring (bicyclic) bond motifs is 2. The maximum absolute atomic E-state index is 14.6. The summed E-state index contributed by atoms with van der Waals surface area (Å²) in [6.07, 6.45) is 1.70. The Bertz CT molecular complexity index is 1160. The average Bonchev–Trinajstić information content (AvgIpc) is 2.89. The molecule has 2 aliphatic heterocycles. The minimum Gasteiger partial charge on any atom is -0.484 e. The highest BCUT2D eigenvalue weighted by molar-refractivity contribution is 5.78. The van der Waals surface area contributed by atoms with Gasteiger partial charge in [-0.15, -0.1) is 5.10 Å². The molecule has 34 heavy (non-hydrogen) atoms. The fourth-order valence-corrected chi connectivity index (χ4v) is 4.19. The van der Waals surface area contributed by atoms with Crippen LogP contribution >= 0.6 is 0 Å². The molecule has 2 aliphatic rings. The van der Waals surface area contributed by atoms with E-state index in [0.717, 1.165) is 12.1 Å². The zero-order chi connectivity index (χ0) is 23.5. The number of nitrogens with one attached hydrogen (secondary N) is 1. The van der Waals surface area contributed by atoms with E-state index in [1.54, 1.807) is 6.07 Å². The van der Waals surface area contributed by atoms with E-state index >= 15 is 0 Å². The first-order valence-electron chi connectivity index (χ1n) is 11.2. The molecule has 180 valence electrons. The van der Waals surface area contributed by atoms with Crippen LogP contribution in [-0.2, 0) is 17.7 Å². The number of rotatable bonds is 7. The number of aliphatic hydroxyl groups is 1. The van der Waals surface area contributed by atoms with Crippen molar-refractivity contribution in [2.45, 2.75) is 44.1 Å². The van der Waals surface area contributed by atoms with Crippen LogP contribution in [0.2, 0.25) is 0 Å². The van der Waals surface area contributed by atoms with Crippen LogP contribution in [0.5, 0.6) is 17.5 Å². The third-order valence-electron chi connectivity index (χ3n) is 6.03. The summed E-state index contributed by atoms with van der Waals surface area (Å²) in [6, 6.07) is 4.82. The van der Waals surface area contributed by atoms with E-state index in [0.29, 0.717) is 66.9 Å². The number of aliphatic hydroxyl groups excluding tert-OH is 1. The molecule has 0 bridgehead atoms. The van der Waals surface area contributed by atoms with Gasteiger partial charge in [0, 0.05) is 30.6 Å². The molecule has 0 amide bonds. The largest absolute Gasteiger partial charge is 0.484 e. The van der Waals surface area contributed by atoms with E-state index < -0.39 is 18.0 Å². The van der Waals surface area contributed by atoms with Gasteiger partial charge in [-0.1, -0.05) is 0 Å². The summed E-state index contributed by atoms with van der Waals surface area (Å²) in [5.41, 5.74) is 1.97. The van der Waals surface area contributed by atoms with Gasteiger partial charge in [-0.25, -0.2) is 14.4 Å². The first-order valence-corrected chi connectivity index (χ1v) is 11.2. The molecule has 0 aliphatic carbocycles. The number of nitrogens with zero attached hydrogens (tertiary/aromatic N) is 4. The van der Waals surface area contributed by atoms with E-state index in [2.05, 4.69) is 25.5 Å². The molecule has 4 heterocycles. The number of hydrogen-bond acceptors (Lipinski definition) is 10. The van der Waals surface area contributed by atoms with Crippen LogP contribution in [0.25, 0.3) is 11.0 Å². The average molecular weight is 471 g/mol. The molecule has 5 rings (SSSR count). The van der Waals surface area contributed by atoms with E-state index in [4.69, 9.17) is 18.9 Å². The van der Waals surface area contributed by atoms with Gasteiger partial charge < -0.3 is 29.4 Å². The zero-order valence-corrected chi connectivity index (χ0v) is 18.7. The van der Waals surface area contributed by atoms with Gasteiger partial charge >= 0.3 is 0 Å². The predicted octanol–water partition coefficient (Wildman–Crippen LogP) is 1.58. The molecule has 0 spiro atoms. The third-order valence-corrected chi connectivity index (χ3v) is 6.03. The summed E-state index contributed by atoms with van der Waals surface area (Å²) >= 11 is 0. The van der Waals surface area contributed by atoms with Crippen molar-refractivity contribution in [2.75, 3.05) is 26.9 Å². The molecule has 3 aromatic rings. The van der Waals surface area contributed by atoms with Gasteiger partial charge in [0.1, 0.15) is 19.0 Å². The molecule has 10 nitrogen and oxygen atoms in total. The van der Waals surface area contributed by atoms with Crippen LogP contribution in [0.1, 0.15) is 24.1 Å². The van der Waals surface area contributed by atoms with Crippen molar-refractivity contribution in [3.05, 3.63) is 41.5 Å². The van der Waals surface area contributed by atoms with Crippen molar-refractivity contribution in [3.63, 3.8) is 0 Å². The Labute approximate surface area is 195 Å². The molecule has 0 radical (unpaired) electrons. The molecule has 0 saturated carbocycles. The van der Waals surface area contributed by atoms with Crippen molar-refractivity contribution < 1.29 is 28.4 Å². The monoisotopic (exact) mass is 471 g/mol. The van der Waals surface area contributed by atoms with Gasteiger partial charge in [0.05, 0.1) is 48.8 Å². The lowest BCUT2D eigenvalue weighted by Gasteiger charge is -2.32. The van der Waals surface area contributed by atoms with E-state index in [1.165, 1.54) is 19.4 Å². The first-order chi connectivity index (χ1) is 16.6. The Morgan fingerprint density at radius 3 is 2.94 bits per heavy atom. The lowest BCUT2D eigenvalue weighted by molar-refractivity contribution is -0.0719. The van der Waals surface area contributed by atoms with Gasteiger partial charge in [0.15, 0.2) is 5.75 Å². The standard InChI is InChI=1S/C23H26FN5O5/c1-31-21-11-26-17-4-3-16(24)15(22(17)27-21)9-18(30)19-5-2-13(12-34-19)25-10-14-8-20-23(29-28-14)33-7-6-32-20/h3-4,8,11,13,18-19,25,30H,2,5-7,9-10,12H2,1H3/t13-,18+,19+/m1/s1. The fraction of sp³-hybridized carbons (Fsp3) is 0.478. The van der Waals surface area contributed by atoms with Crippen LogP contribution in [0, 0.1) is 5.82 Å². The molecular formula is C23H26FN5O5. The van der Waals surface area contributed by atoms with Crippen molar-refractivity contribution in [2.24, 2.45) is 0 Å². The summed E-state index contributed by atoms with van der Waals surface area (Å²) < 4.78 is 36.6. The molecule has 11 heteroatoms. The smallest absolute Gasteiger partial charge is 0.276 e. The second-order valence-electron chi connectivity index (χ2n) is 8.31. The number of methoxy groups -OCH3 is 1. The second-order valence-corrected chi connectivity index (χ2v) is 8.31. The third kappa shape index (κ3) is 4.86. The minimum absolute atomic E-state index is 0.0700. The van der Waals surface area contributed by atoms with Crippen molar-refractivity contribution in [1.29, 1.82) is 0 Å². The molecule has 3 atom stereocenters. The van der Waals surface area contributed by atoms with Crippen molar-refractivity contribution in [1.82, 2.24) is 25.5 Å². The molecular weight excluding hydrogens is 445 g/mol. The van der Waals surface area contributed by atoms with Gasteiger partial charge in [0.25, 0.3) is 5.88 Å². The summed E-state index contributed by atoms with van der Waals surface area (Å²) in [5.74, 6) is 0.869. The first kappa shape index (κ1) is 22.6. The van der Waals surface area contributed by atoms with E-state index in [-0.39, 0.29) is 12.5 Å². The number of aromatic nitrogens is 4. The van der Waals surface area contributed by atoms with Crippen LogP contribution in [0.4, 0.5) is 4.39 Å². The Morgan fingerprint density at radius 1 is 1.24 bits per heavy atom. The highest BCUT2D eigenvalue weighted by atomic mass is 19.1. The topological polar surface area (TPSA) is 121 Å². The van der Waals surface area contributed by atoms with Crippen molar-refractivity contribution in [3.8, 4) is 17.5 Å². The van der Waals surface area contributed by atoms with Gasteiger partial charge in [-0.3, -0.25) is 0 Å². The zero-order valence-electron chi connectivity index (χ0n) is 18.7. The summed E-state index contributed by atoms with van der Waals surface area (Å²) in [7, 11) is 1.48. The van der Waals surface area contributed by atoms with E-state index in [1.807, 2.05) is 6.07 Å². The maximum Gasteiger partial charge on any atom is 0.276 e. The minimum atomic E-state index is -0.877. The second kappa shape index (κ2) is 10.00. The molecule has 2 N–H and O–H groups in total. The quantitative estimate of drug-likeness (QED) is 0.525. The molecule has 1 saturated heterocycles. The van der Waals surface area contributed by atoms with Crippen LogP contribution < -0.4 is 19.5 Å². The maximum atomic E-state index is 14.6. The summed E-state index contributed by atoms with van der Waals surface area (Å²) in [4.78, 5) is 8.58. The highest BCUT2D eigenvalue weighted by Crippen LogP contribution is 2.28. The van der Waals surface area contributed by atoms with Gasteiger partial charge in [-0.2, -0.15) is 5.10 Å². The number of ether oxygens (including phenoxy) is 4. The number of benzene rings is 1. The van der Waals surface area contributed by atoms with E-state index in [9.17, 15) is 9.50 Å². The normalized spacial score (nSPS) is 20.8. The van der Waals surface area contributed by atoms with Crippen molar-refractivity contribution >= 4 is 11.0 Å².